The number of carbonyl (C=O) groups is 1. The van der Waals surface area contributed by atoms with Crippen molar-refractivity contribution in [3.8, 4) is 11.5 Å². The maximum Gasteiger partial charge on any atom is 0.519 e. The SMILES string of the molecule is COC(C)c1ccc(OC(=O)Oc2ccc(C(C)OC)cc2)cc1. The first-order valence-electron chi connectivity index (χ1n) is 7.68. The highest BCUT2D eigenvalue weighted by Crippen LogP contribution is 2.22. The smallest absolute Gasteiger partial charge is 0.395 e. The lowest BCUT2D eigenvalue weighted by atomic mass is 10.1. The minimum atomic E-state index is -0.782. The molecule has 5 heteroatoms. The molecule has 0 radical (unpaired) electrons. The van der Waals surface area contributed by atoms with Crippen LogP contribution in [-0.2, 0) is 9.47 Å². The third kappa shape index (κ3) is 4.81. The Kier molecular flexibility index (Phi) is 6.35. The van der Waals surface area contributed by atoms with Crippen LogP contribution in [0.15, 0.2) is 48.5 Å². The van der Waals surface area contributed by atoms with Crippen LogP contribution >= 0.6 is 0 Å². The van der Waals surface area contributed by atoms with Gasteiger partial charge in [0.2, 0.25) is 0 Å². The van der Waals surface area contributed by atoms with Gasteiger partial charge in [-0.25, -0.2) is 4.79 Å². The van der Waals surface area contributed by atoms with Gasteiger partial charge in [-0.3, -0.25) is 0 Å². The van der Waals surface area contributed by atoms with E-state index in [2.05, 4.69) is 0 Å². The van der Waals surface area contributed by atoms with Gasteiger partial charge in [0.15, 0.2) is 0 Å². The molecule has 0 aliphatic carbocycles. The first-order valence-corrected chi connectivity index (χ1v) is 7.68. The van der Waals surface area contributed by atoms with Crippen molar-refractivity contribution >= 4 is 6.16 Å². The van der Waals surface area contributed by atoms with Crippen molar-refractivity contribution in [3.05, 3.63) is 59.7 Å². The van der Waals surface area contributed by atoms with Crippen LogP contribution in [0.5, 0.6) is 11.5 Å². The van der Waals surface area contributed by atoms with Gasteiger partial charge in [-0.05, 0) is 49.2 Å². The molecule has 0 saturated heterocycles. The molecular weight excluding hydrogens is 308 g/mol. The molecule has 2 aromatic carbocycles. The van der Waals surface area contributed by atoms with Crippen molar-refractivity contribution < 1.29 is 23.7 Å². The molecule has 0 bridgehead atoms. The standard InChI is InChI=1S/C19H22O5/c1-13(21-3)15-5-9-17(10-6-15)23-19(20)24-18-11-7-16(8-12-18)14(2)22-4/h5-14H,1-4H3. The molecule has 5 nitrogen and oxygen atoms in total. The molecule has 0 fully saturated rings. The van der Waals surface area contributed by atoms with Crippen LogP contribution in [0, 0.1) is 0 Å². The molecule has 24 heavy (non-hydrogen) atoms. The highest BCUT2D eigenvalue weighted by atomic mass is 16.7. The summed E-state index contributed by atoms with van der Waals surface area (Å²) in [5.41, 5.74) is 2.00. The quantitative estimate of drug-likeness (QED) is 0.568. The number of benzene rings is 2. The summed E-state index contributed by atoms with van der Waals surface area (Å²) < 4.78 is 20.8. The van der Waals surface area contributed by atoms with Gasteiger partial charge in [0, 0.05) is 14.2 Å². The molecule has 0 aromatic heterocycles. The van der Waals surface area contributed by atoms with E-state index in [-0.39, 0.29) is 12.2 Å². The summed E-state index contributed by atoms with van der Waals surface area (Å²) in [6, 6.07) is 14.2. The number of hydrogen-bond acceptors (Lipinski definition) is 5. The van der Waals surface area contributed by atoms with Crippen LogP contribution in [0.1, 0.15) is 37.2 Å². The number of carbonyl (C=O) groups excluding carboxylic acids is 1. The minimum absolute atomic E-state index is 0.0148. The van der Waals surface area contributed by atoms with Crippen LogP contribution in [0.3, 0.4) is 0 Å². The van der Waals surface area contributed by atoms with Crippen molar-refractivity contribution in [2.24, 2.45) is 0 Å². The van der Waals surface area contributed by atoms with Crippen molar-refractivity contribution in [1.82, 2.24) is 0 Å². The fraction of sp³-hybridized carbons (Fsp3) is 0.316. The summed E-state index contributed by atoms with van der Waals surface area (Å²) >= 11 is 0. The molecule has 0 saturated carbocycles. The third-order valence-corrected chi connectivity index (χ3v) is 3.81. The van der Waals surface area contributed by atoms with E-state index >= 15 is 0 Å². The summed E-state index contributed by atoms with van der Waals surface area (Å²) in [7, 11) is 3.29. The fourth-order valence-corrected chi connectivity index (χ4v) is 2.10. The summed E-state index contributed by atoms with van der Waals surface area (Å²) in [5, 5.41) is 0. The molecule has 128 valence electrons. The van der Waals surface area contributed by atoms with E-state index < -0.39 is 6.16 Å². The zero-order valence-corrected chi connectivity index (χ0v) is 14.3. The van der Waals surface area contributed by atoms with Crippen molar-refractivity contribution in [3.63, 3.8) is 0 Å². The summed E-state index contributed by atoms with van der Waals surface area (Å²) in [5.74, 6) is 0.827. The molecule has 2 aromatic rings. The highest BCUT2D eigenvalue weighted by Gasteiger charge is 2.10. The normalized spacial score (nSPS) is 13.2. The molecule has 2 rings (SSSR count). The molecule has 0 spiro atoms. The maximum atomic E-state index is 11.8. The van der Waals surface area contributed by atoms with Crippen LogP contribution in [0.2, 0.25) is 0 Å². The van der Waals surface area contributed by atoms with Crippen molar-refractivity contribution in [2.75, 3.05) is 14.2 Å². The van der Waals surface area contributed by atoms with Gasteiger partial charge in [0.1, 0.15) is 11.5 Å². The Morgan fingerprint density at radius 1 is 0.708 bits per heavy atom. The van der Waals surface area contributed by atoms with Crippen molar-refractivity contribution in [1.29, 1.82) is 0 Å². The Morgan fingerprint density at radius 3 is 1.33 bits per heavy atom. The second kappa shape index (κ2) is 8.47. The van der Waals surface area contributed by atoms with Gasteiger partial charge in [0.25, 0.3) is 0 Å². The van der Waals surface area contributed by atoms with E-state index in [0.717, 1.165) is 11.1 Å². The molecule has 2 unspecified atom stereocenters. The summed E-state index contributed by atoms with van der Waals surface area (Å²) in [6.45, 7) is 3.89. The van der Waals surface area contributed by atoms with Gasteiger partial charge in [0.05, 0.1) is 12.2 Å². The molecule has 0 N–H and O–H groups in total. The second-order valence-corrected chi connectivity index (χ2v) is 5.35. The summed E-state index contributed by atoms with van der Waals surface area (Å²) in [6.07, 6.45) is -0.812. The number of rotatable bonds is 6. The predicted molar refractivity (Wildman–Crippen MR) is 90.4 cm³/mol. The first-order chi connectivity index (χ1) is 11.5. The van der Waals surface area contributed by atoms with E-state index in [4.69, 9.17) is 18.9 Å². The Morgan fingerprint density at radius 2 is 1.04 bits per heavy atom. The fourth-order valence-electron chi connectivity index (χ4n) is 2.10. The van der Waals surface area contributed by atoms with E-state index in [1.54, 1.807) is 38.5 Å². The molecule has 0 aliphatic rings. The lowest BCUT2D eigenvalue weighted by molar-refractivity contribution is 0.119. The highest BCUT2D eigenvalue weighted by molar-refractivity contribution is 5.67. The van der Waals surface area contributed by atoms with Crippen LogP contribution < -0.4 is 9.47 Å². The third-order valence-electron chi connectivity index (χ3n) is 3.81. The monoisotopic (exact) mass is 330 g/mol. The lowest BCUT2D eigenvalue weighted by Crippen LogP contribution is -2.13. The Labute approximate surface area is 142 Å². The van der Waals surface area contributed by atoms with Gasteiger partial charge < -0.3 is 18.9 Å². The zero-order chi connectivity index (χ0) is 17.5. The Hall–Kier alpha value is -2.37. The van der Waals surface area contributed by atoms with E-state index in [9.17, 15) is 4.79 Å². The van der Waals surface area contributed by atoms with E-state index in [1.807, 2.05) is 38.1 Å². The van der Waals surface area contributed by atoms with Gasteiger partial charge in [-0.2, -0.15) is 0 Å². The van der Waals surface area contributed by atoms with E-state index in [0.29, 0.717) is 11.5 Å². The number of hydrogen-bond donors (Lipinski definition) is 0. The molecule has 2 atom stereocenters. The Balaban J connectivity index is 1.93. The lowest BCUT2D eigenvalue weighted by Gasteiger charge is -2.11. The van der Waals surface area contributed by atoms with Crippen LogP contribution in [0.4, 0.5) is 4.79 Å². The first kappa shape index (κ1) is 18.0. The molecule has 0 amide bonds. The van der Waals surface area contributed by atoms with E-state index in [1.165, 1.54) is 0 Å². The largest absolute Gasteiger partial charge is 0.519 e. The maximum absolute atomic E-state index is 11.8. The average molecular weight is 330 g/mol. The Bertz CT molecular complexity index is 591. The molecule has 0 aliphatic heterocycles. The van der Waals surface area contributed by atoms with Gasteiger partial charge >= 0.3 is 6.16 Å². The van der Waals surface area contributed by atoms with Crippen molar-refractivity contribution in [2.45, 2.75) is 26.1 Å². The van der Waals surface area contributed by atoms with Crippen LogP contribution in [-0.4, -0.2) is 20.4 Å². The average Bonchev–Trinajstić information content (AvgIpc) is 2.61. The van der Waals surface area contributed by atoms with Gasteiger partial charge in [-0.15, -0.1) is 0 Å². The summed E-state index contributed by atoms with van der Waals surface area (Å²) in [4.78, 5) is 11.8. The minimum Gasteiger partial charge on any atom is -0.395 e. The topological polar surface area (TPSA) is 54.0 Å². The number of ether oxygens (including phenoxy) is 4. The second-order valence-electron chi connectivity index (χ2n) is 5.35. The molecular formula is C19H22O5. The van der Waals surface area contributed by atoms with Gasteiger partial charge in [-0.1, -0.05) is 24.3 Å². The van der Waals surface area contributed by atoms with Crippen LogP contribution in [0.25, 0.3) is 0 Å². The zero-order valence-electron chi connectivity index (χ0n) is 14.3. The molecule has 0 heterocycles. The number of methoxy groups -OCH3 is 2. The predicted octanol–water partition coefficient (Wildman–Crippen LogP) is 4.68.